The molecule has 1 aliphatic carbocycles. The van der Waals surface area contributed by atoms with Crippen molar-refractivity contribution in [3.63, 3.8) is 0 Å². The van der Waals surface area contributed by atoms with E-state index in [0.29, 0.717) is 5.92 Å². The molecule has 6 nitrogen and oxygen atoms in total. The normalized spacial score (nSPS) is 23.4. The monoisotopic (exact) mass is 430 g/mol. The minimum atomic E-state index is -0.250. The molecular weight excluding hydrogens is 392 g/mol. The smallest absolute Gasteiger partial charge is 0.312 e. The Hall–Kier alpha value is -2.08. The van der Waals surface area contributed by atoms with Crippen molar-refractivity contribution in [1.29, 1.82) is 0 Å². The number of para-hydroxylation sites is 1. The molecular formula is C25H38N2O4. The van der Waals surface area contributed by atoms with Crippen molar-refractivity contribution in [2.75, 3.05) is 37.6 Å². The summed E-state index contributed by atoms with van der Waals surface area (Å²) in [5.74, 6) is 0.658. The number of anilines is 1. The Bertz CT molecular complexity index is 722. The van der Waals surface area contributed by atoms with Crippen LogP contribution in [-0.2, 0) is 14.3 Å². The van der Waals surface area contributed by atoms with Gasteiger partial charge in [-0.25, -0.2) is 0 Å². The third kappa shape index (κ3) is 5.79. The fourth-order valence-corrected chi connectivity index (χ4v) is 5.44. The highest BCUT2D eigenvalue weighted by atomic mass is 16.6. The van der Waals surface area contributed by atoms with Crippen molar-refractivity contribution in [3.05, 3.63) is 29.8 Å². The van der Waals surface area contributed by atoms with Gasteiger partial charge in [0.2, 0.25) is 0 Å². The van der Waals surface area contributed by atoms with Crippen LogP contribution in [0.4, 0.5) is 5.69 Å². The Balaban J connectivity index is 0.000000858. The number of carbonyl (C=O) groups is 2. The average Bonchev–Trinajstić information content (AvgIpc) is 3.08. The van der Waals surface area contributed by atoms with Crippen molar-refractivity contribution >= 4 is 18.1 Å². The predicted octanol–water partition coefficient (Wildman–Crippen LogP) is 4.29. The van der Waals surface area contributed by atoms with E-state index in [0.717, 1.165) is 58.4 Å². The molecule has 172 valence electrons. The standard InChI is InChI=1S/C24H36N2O2.CH2O2/c1-19(2)21-8-4-5-9-22(21)26-16-14-25(15-17-26)13-10-20-18-24(23(27)28-20)11-6-3-7-12-24;2-1-3/h4-5,8-9,19-20H,3,6-7,10-18H2,1-2H3;1H,(H,2,3). The second kappa shape index (κ2) is 11.0. The zero-order valence-electron chi connectivity index (χ0n) is 19.1. The van der Waals surface area contributed by atoms with Crippen LogP contribution in [0.25, 0.3) is 0 Å². The lowest BCUT2D eigenvalue weighted by Gasteiger charge is -2.37. The maximum absolute atomic E-state index is 12.5. The van der Waals surface area contributed by atoms with Crippen molar-refractivity contribution < 1.29 is 19.4 Å². The molecule has 1 unspecified atom stereocenters. The van der Waals surface area contributed by atoms with Crippen LogP contribution in [0.15, 0.2) is 24.3 Å². The summed E-state index contributed by atoms with van der Waals surface area (Å²) in [4.78, 5) is 25.9. The van der Waals surface area contributed by atoms with Crippen molar-refractivity contribution in [3.8, 4) is 0 Å². The van der Waals surface area contributed by atoms with Crippen LogP contribution in [0, 0.1) is 5.41 Å². The van der Waals surface area contributed by atoms with Gasteiger partial charge in [-0.2, -0.15) is 0 Å². The van der Waals surface area contributed by atoms with E-state index in [9.17, 15) is 4.79 Å². The number of rotatable bonds is 5. The molecule has 0 bridgehead atoms. The Kier molecular flexibility index (Phi) is 8.35. The molecule has 1 saturated carbocycles. The SMILES string of the molecule is CC(C)c1ccccc1N1CCN(CCC2CC3(CCCCC3)C(=O)O2)CC1.O=CO. The highest BCUT2D eigenvalue weighted by Crippen LogP contribution is 2.46. The van der Waals surface area contributed by atoms with E-state index in [1.807, 2.05) is 0 Å². The number of nitrogens with zero attached hydrogens (tertiary/aromatic N) is 2. The summed E-state index contributed by atoms with van der Waals surface area (Å²) in [6.45, 7) is 9.70. The van der Waals surface area contributed by atoms with Gasteiger partial charge in [0.05, 0.1) is 5.41 Å². The maximum atomic E-state index is 12.5. The summed E-state index contributed by atoms with van der Waals surface area (Å²) in [7, 11) is 0. The Labute approximate surface area is 186 Å². The van der Waals surface area contributed by atoms with E-state index in [-0.39, 0.29) is 24.0 Å². The average molecular weight is 431 g/mol. The number of hydrogen-bond acceptors (Lipinski definition) is 5. The predicted molar refractivity (Wildman–Crippen MR) is 123 cm³/mol. The van der Waals surface area contributed by atoms with Crippen molar-refractivity contribution in [2.45, 2.75) is 70.8 Å². The zero-order chi connectivity index (χ0) is 22.3. The fraction of sp³-hybridized carbons (Fsp3) is 0.680. The number of benzene rings is 1. The van der Waals surface area contributed by atoms with Crippen LogP contribution < -0.4 is 4.90 Å². The molecule has 0 radical (unpaired) electrons. The number of piperazine rings is 1. The van der Waals surface area contributed by atoms with Crippen molar-refractivity contribution in [2.24, 2.45) is 5.41 Å². The van der Waals surface area contributed by atoms with E-state index in [1.54, 1.807) is 0 Å². The minimum absolute atomic E-state index is 0.104. The van der Waals surface area contributed by atoms with Crippen LogP contribution in [0.3, 0.4) is 0 Å². The summed E-state index contributed by atoms with van der Waals surface area (Å²) in [5, 5.41) is 6.89. The molecule has 0 aromatic heterocycles. The lowest BCUT2D eigenvalue weighted by molar-refractivity contribution is -0.150. The topological polar surface area (TPSA) is 70.1 Å². The molecule has 1 spiro atoms. The first-order valence-corrected chi connectivity index (χ1v) is 11.8. The summed E-state index contributed by atoms with van der Waals surface area (Å²) in [5.41, 5.74) is 2.73. The molecule has 1 N–H and O–H groups in total. The van der Waals surface area contributed by atoms with Crippen LogP contribution in [0.5, 0.6) is 0 Å². The van der Waals surface area contributed by atoms with Gasteiger partial charge in [-0.1, -0.05) is 51.3 Å². The molecule has 6 heteroatoms. The summed E-state index contributed by atoms with van der Waals surface area (Å²) < 4.78 is 5.80. The number of esters is 1. The van der Waals surface area contributed by atoms with Crippen LogP contribution >= 0.6 is 0 Å². The van der Waals surface area contributed by atoms with E-state index < -0.39 is 0 Å². The van der Waals surface area contributed by atoms with Gasteiger partial charge in [0, 0.05) is 44.8 Å². The fourth-order valence-electron chi connectivity index (χ4n) is 5.44. The molecule has 1 atom stereocenters. The van der Waals surface area contributed by atoms with Gasteiger partial charge in [-0.3, -0.25) is 14.5 Å². The second-order valence-electron chi connectivity index (χ2n) is 9.51. The van der Waals surface area contributed by atoms with Gasteiger partial charge in [0.15, 0.2) is 0 Å². The van der Waals surface area contributed by atoms with Crippen LogP contribution in [0.2, 0.25) is 0 Å². The summed E-state index contributed by atoms with van der Waals surface area (Å²) in [6.07, 6.45) is 7.88. The van der Waals surface area contributed by atoms with Crippen LogP contribution in [0.1, 0.15) is 70.3 Å². The number of carboxylic acid groups (broad SMARTS) is 1. The molecule has 3 aliphatic rings. The molecule has 2 heterocycles. The third-order valence-corrected chi connectivity index (χ3v) is 7.17. The van der Waals surface area contributed by atoms with E-state index in [4.69, 9.17) is 14.6 Å². The van der Waals surface area contributed by atoms with E-state index in [2.05, 4.69) is 47.9 Å². The molecule has 2 aliphatic heterocycles. The van der Waals surface area contributed by atoms with Gasteiger partial charge in [-0.05, 0) is 36.8 Å². The number of hydrogen-bond donors (Lipinski definition) is 1. The maximum Gasteiger partial charge on any atom is 0.312 e. The lowest BCUT2D eigenvalue weighted by atomic mass is 9.72. The van der Waals surface area contributed by atoms with Gasteiger partial charge < -0.3 is 14.7 Å². The first kappa shape index (κ1) is 23.6. The Morgan fingerprint density at radius 3 is 2.42 bits per heavy atom. The van der Waals surface area contributed by atoms with Crippen molar-refractivity contribution in [1.82, 2.24) is 4.90 Å². The van der Waals surface area contributed by atoms with Gasteiger partial charge >= 0.3 is 5.97 Å². The number of cyclic esters (lactones) is 1. The second-order valence-corrected chi connectivity index (χ2v) is 9.51. The molecule has 4 rings (SSSR count). The van der Waals surface area contributed by atoms with E-state index in [1.165, 1.54) is 30.5 Å². The highest BCUT2D eigenvalue weighted by molar-refractivity contribution is 5.79. The Morgan fingerprint density at radius 2 is 1.77 bits per heavy atom. The van der Waals surface area contributed by atoms with Gasteiger partial charge in [0.25, 0.3) is 6.47 Å². The quantitative estimate of drug-likeness (QED) is 0.555. The molecule has 2 saturated heterocycles. The third-order valence-electron chi connectivity index (χ3n) is 7.17. The molecule has 1 aromatic rings. The Morgan fingerprint density at radius 1 is 1.13 bits per heavy atom. The van der Waals surface area contributed by atoms with Crippen LogP contribution in [-0.4, -0.2) is 61.3 Å². The number of carbonyl (C=O) groups excluding carboxylic acids is 1. The molecule has 3 fully saturated rings. The van der Waals surface area contributed by atoms with Gasteiger partial charge in [0.1, 0.15) is 6.10 Å². The molecule has 1 aromatic carbocycles. The first-order chi connectivity index (χ1) is 15.0. The summed E-state index contributed by atoms with van der Waals surface area (Å²) >= 11 is 0. The lowest BCUT2D eigenvalue weighted by Crippen LogP contribution is -2.47. The zero-order valence-corrected chi connectivity index (χ0v) is 19.1. The summed E-state index contributed by atoms with van der Waals surface area (Å²) in [6, 6.07) is 8.84. The number of ether oxygens (including phenoxy) is 1. The highest BCUT2D eigenvalue weighted by Gasteiger charge is 2.48. The molecule has 0 amide bonds. The minimum Gasteiger partial charge on any atom is -0.483 e. The first-order valence-electron chi connectivity index (χ1n) is 11.8. The molecule has 31 heavy (non-hydrogen) atoms. The van der Waals surface area contributed by atoms with Gasteiger partial charge in [-0.15, -0.1) is 0 Å². The van der Waals surface area contributed by atoms with E-state index >= 15 is 0 Å². The largest absolute Gasteiger partial charge is 0.483 e.